The number of amides is 1. The molecule has 1 amide bonds. The van der Waals surface area contributed by atoms with Crippen LogP contribution >= 0.6 is 0 Å². The lowest BCUT2D eigenvalue weighted by Crippen LogP contribution is -2.41. The maximum absolute atomic E-state index is 13.1. The van der Waals surface area contributed by atoms with Gasteiger partial charge >= 0.3 is 0 Å². The number of sulfonamides is 1. The molecule has 2 aliphatic carbocycles. The van der Waals surface area contributed by atoms with Gasteiger partial charge in [0.25, 0.3) is 5.91 Å². The van der Waals surface area contributed by atoms with Gasteiger partial charge in [-0.3, -0.25) is 4.79 Å². The first-order chi connectivity index (χ1) is 13.4. The van der Waals surface area contributed by atoms with E-state index in [0.717, 1.165) is 51.4 Å². The number of hydrogen-bond donors (Lipinski definition) is 2. The predicted octanol–water partition coefficient (Wildman–Crippen LogP) is 3.61. The zero-order valence-electron chi connectivity index (χ0n) is 16.9. The summed E-state index contributed by atoms with van der Waals surface area (Å²) in [4.78, 5) is 12.7. The molecule has 2 atom stereocenters. The zero-order chi connectivity index (χ0) is 20.1. The van der Waals surface area contributed by atoms with Gasteiger partial charge in [-0.05, 0) is 49.8 Å². The number of methoxy groups -OCH3 is 1. The van der Waals surface area contributed by atoms with Gasteiger partial charge in [-0.25, -0.2) is 13.1 Å². The molecular weight excluding hydrogens is 376 g/mol. The Labute approximate surface area is 168 Å². The third kappa shape index (κ3) is 5.06. The molecule has 156 valence electrons. The SMILES string of the molecule is COc1ccc(C(=O)NC2CCCCC2)cc1S(=O)(=O)NC1CCCCC1C. The van der Waals surface area contributed by atoms with Crippen LogP contribution in [-0.4, -0.2) is 33.5 Å². The van der Waals surface area contributed by atoms with Crippen LogP contribution in [0.4, 0.5) is 0 Å². The number of ether oxygens (including phenoxy) is 1. The number of carbonyl (C=O) groups excluding carboxylic acids is 1. The van der Waals surface area contributed by atoms with Gasteiger partial charge in [-0.1, -0.05) is 39.0 Å². The Kier molecular flexibility index (Phi) is 6.99. The zero-order valence-corrected chi connectivity index (χ0v) is 17.7. The van der Waals surface area contributed by atoms with Crippen molar-refractivity contribution in [1.82, 2.24) is 10.0 Å². The fourth-order valence-corrected chi connectivity index (χ4v) is 5.87. The van der Waals surface area contributed by atoms with Gasteiger partial charge in [0, 0.05) is 17.6 Å². The Balaban J connectivity index is 1.80. The molecule has 6 nitrogen and oxygen atoms in total. The quantitative estimate of drug-likeness (QED) is 0.753. The Morgan fingerprint density at radius 3 is 2.39 bits per heavy atom. The second-order valence-electron chi connectivity index (χ2n) is 8.16. The third-order valence-electron chi connectivity index (χ3n) is 6.07. The molecule has 1 aromatic carbocycles. The van der Waals surface area contributed by atoms with E-state index in [1.54, 1.807) is 12.1 Å². The van der Waals surface area contributed by atoms with Gasteiger partial charge < -0.3 is 10.1 Å². The van der Waals surface area contributed by atoms with E-state index in [4.69, 9.17) is 4.74 Å². The van der Waals surface area contributed by atoms with Gasteiger partial charge in [-0.15, -0.1) is 0 Å². The molecule has 1 aromatic rings. The second-order valence-corrected chi connectivity index (χ2v) is 9.85. The minimum atomic E-state index is -3.78. The van der Waals surface area contributed by atoms with E-state index < -0.39 is 10.0 Å². The Morgan fingerprint density at radius 1 is 1.04 bits per heavy atom. The normalized spacial score (nSPS) is 23.9. The minimum absolute atomic E-state index is 0.0315. The molecule has 7 heteroatoms. The van der Waals surface area contributed by atoms with Crippen molar-refractivity contribution in [3.63, 3.8) is 0 Å². The summed E-state index contributed by atoms with van der Waals surface area (Å²) in [6.45, 7) is 2.08. The number of carbonyl (C=O) groups is 1. The van der Waals surface area contributed by atoms with Crippen LogP contribution in [0, 0.1) is 5.92 Å². The lowest BCUT2D eigenvalue weighted by Gasteiger charge is -2.29. The molecular formula is C21H32N2O4S. The molecule has 0 saturated heterocycles. The first-order valence-electron chi connectivity index (χ1n) is 10.4. The van der Waals surface area contributed by atoms with Gasteiger partial charge in [-0.2, -0.15) is 0 Å². The first-order valence-corrected chi connectivity index (χ1v) is 11.9. The molecule has 0 radical (unpaired) electrons. The van der Waals surface area contributed by atoms with Crippen LogP contribution in [0.3, 0.4) is 0 Å². The number of benzene rings is 1. The third-order valence-corrected chi connectivity index (χ3v) is 7.58. The molecule has 2 unspecified atom stereocenters. The minimum Gasteiger partial charge on any atom is -0.495 e. The van der Waals surface area contributed by atoms with Gasteiger partial charge in [0.15, 0.2) is 0 Å². The predicted molar refractivity (Wildman–Crippen MR) is 109 cm³/mol. The van der Waals surface area contributed by atoms with Gasteiger partial charge in [0.05, 0.1) is 7.11 Å². The highest BCUT2D eigenvalue weighted by molar-refractivity contribution is 7.89. The average Bonchev–Trinajstić information content (AvgIpc) is 2.70. The van der Waals surface area contributed by atoms with Crippen molar-refractivity contribution >= 4 is 15.9 Å². The smallest absolute Gasteiger partial charge is 0.251 e. The molecule has 3 rings (SSSR count). The van der Waals surface area contributed by atoms with Crippen molar-refractivity contribution in [2.75, 3.05) is 7.11 Å². The first kappa shape index (κ1) is 21.1. The Hall–Kier alpha value is -1.60. The van der Waals surface area contributed by atoms with E-state index in [2.05, 4.69) is 17.0 Å². The molecule has 0 aromatic heterocycles. The van der Waals surface area contributed by atoms with E-state index in [1.807, 2.05) is 0 Å². The highest BCUT2D eigenvalue weighted by Crippen LogP contribution is 2.29. The molecule has 0 bridgehead atoms. The summed E-state index contributed by atoms with van der Waals surface area (Å²) >= 11 is 0. The maximum Gasteiger partial charge on any atom is 0.251 e. The summed E-state index contributed by atoms with van der Waals surface area (Å²) in [6, 6.07) is 4.72. The highest BCUT2D eigenvalue weighted by atomic mass is 32.2. The van der Waals surface area contributed by atoms with Crippen molar-refractivity contribution in [2.24, 2.45) is 5.92 Å². The van der Waals surface area contributed by atoms with Gasteiger partial charge in [0.1, 0.15) is 10.6 Å². The summed E-state index contributed by atoms with van der Waals surface area (Å²) in [7, 11) is -2.34. The van der Waals surface area contributed by atoms with E-state index in [0.29, 0.717) is 11.5 Å². The standard InChI is InChI=1S/C21H32N2O4S/c1-15-8-6-7-11-18(15)23-28(25,26)20-14-16(12-13-19(20)27-2)21(24)22-17-9-4-3-5-10-17/h12-15,17-18,23H,3-11H2,1-2H3,(H,22,24). The maximum atomic E-state index is 13.1. The second kappa shape index (κ2) is 9.27. The van der Waals surface area contributed by atoms with E-state index in [1.165, 1.54) is 19.6 Å². The molecule has 2 aliphatic rings. The monoisotopic (exact) mass is 408 g/mol. The van der Waals surface area contributed by atoms with Crippen molar-refractivity contribution < 1.29 is 17.9 Å². The van der Waals surface area contributed by atoms with Crippen LogP contribution in [-0.2, 0) is 10.0 Å². The van der Waals surface area contributed by atoms with Crippen molar-refractivity contribution in [2.45, 2.75) is 81.7 Å². The topological polar surface area (TPSA) is 84.5 Å². The van der Waals surface area contributed by atoms with Crippen LogP contribution in [0.5, 0.6) is 5.75 Å². The van der Waals surface area contributed by atoms with Crippen molar-refractivity contribution in [3.8, 4) is 5.75 Å². The number of hydrogen-bond acceptors (Lipinski definition) is 4. The van der Waals surface area contributed by atoms with Crippen LogP contribution in [0.2, 0.25) is 0 Å². The fourth-order valence-electron chi connectivity index (χ4n) is 4.30. The molecule has 2 saturated carbocycles. The molecule has 28 heavy (non-hydrogen) atoms. The van der Waals surface area contributed by atoms with Gasteiger partial charge in [0.2, 0.25) is 10.0 Å². The highest BCUT2D eigenvalue weighted by Gasteiger charge is 2.29. The van der Waals surface area contributed by atoms with Crippen LogP contribution < -0.4 is 14.8 Å². The Bertz CT molecular complexity index is 788. The lowest BCUT2D eigenvalue weighted by molar-refractivity contribution is 0.0927. The van der Waals surface area contributed by atoms with E-state index >= 15 is 0 Å². The summed E-state index contributed by atoms with van der Waals surface area (Å²) in [5.41, 5.74) is 0.350. The van der Waals surface area contributed by atoms with E-state index in [-0.39, 0.29) is 28.6 Å². The summed E-state index contributed by atoms with van der Waals surface area (Å²) in [6.07, 6.45) is 9.44. The average molecular weight is 409 g/mol. The molecule has 2 fully saturated rings. The molecule has 0 spiro atoms. The largest absolute Gasteiger partial charge is 0.495 e. The summed E-state index contributed by atoms with van der Waals surface area (Å²) < 4.78 is 34.3. The fraction of sp³-hybridized carbons (Fsp3) is 0.667. The van der Waals surface area contributed by atoms with Crippen LogP contribution in [0.15, 0.2) is 23.1 Å². The molecule has 0 heterocycles. The number of nitrogens with one attached hydrogen (secondary N) is 2. The number of rotatable bonds is 6. The van der Waals surface area contributed by atoms with Crippen molar-refractivity contribution in [3.05, 3.63) is 23.8 Å². The van der Waals surface area contributed by atoms with E-state index in [9.17, 15) is 13.2 Å². The lowest BCUT2D eigenvalue weighted by atomic mass is 9.87. The van der Waals surface area contributed by atoms with Crippen LogP contribution in [0.1, 0.15) is 75.1 Å². The molecule has 0 aliphatic heterocycles. The summed E-state index contributed by atoms with van der Waals surface area (Å²) in [5.74, 6) is 0.328. The summed E-state index contributed by atoms with van der Waals surface area (Å²) in [5, 5.41) is 3.04. The van der Waals surface area contributed by atoms with Crippen molar-refractivity contribution in [1.29, 1.82) is 0 Å². The van der Waals surface area contributed by atoms with Crippen LogP contribution in [0.25, 0.3) is 0 Å². The molecule has 2 N–H and O–H groups in total. The Morgan fingerprint density at radius 2 is 1.71 bits per heavy atom.